The van der Waals surface area contributed by atoms with E-state index in [2.05, 4.69) is 60.7 Å². The predicted octanol–water partition coefficient (Wildman–Crippen LogP) is 5.14. The second kappa shape index (κ2) is 7.88. The van der Waals surface area contributed by atoms with Crippen LogP contribution in [0, 0.1) is 0 Å². The summed E-state index contributed by atoms with van der Waals surface area (Å²) in [5.41, 5.74) is 2.60. The van der Waals surface area contributed by atoms with Crippen molar-refractivity contribution in [2.45, 2.75) is 18.6 Å². The first-order valence-electron chi connectivity index (χ1n) is 10.8. The molecule has 4 aromatic rings. The SMILES string of the molecule is c1cc2cc(OCC3CO3)ccc2cc1Cc1ccc2cc(OCC3CO3)ccc2c1. The van der Waals surface area contributed by atoms with Gasteiger partial charge >= 0.3 is 0 Å². The minimum absolute atomic E-state index is 0.275. The Labute approximate surface area is 181 Å². The second-order valence-electron chi connectivity index (χ2n) is 8.40. The Morgan fingerprint density at radius 1 is 0.581 bits per heavy atom. The van der Waals surface area contributed by atoms with Gasteiger partial charge in [-0.1, -0.05) is 48.5 Å². The van der Waals surface area contributed by atoms with E-state index in [0.29, 0.717) is 13.2 Å². The number of benzene rings is 4. The van der Waals surface area contributed by atoms with Crippen LogP contribution >= 0.6 is 0 Å². The van der Waals surface area contributed by atoms with Crippen LogP contribution in [0.2, 0.25) is 0 Å². The summed E-state index contributed by atoms with van der Waals surface area (Å²) in [4.78, 5) is 0. The molecule has 4 aromatic carbocycles. The molecule has 2 atom stereocenters. The molecule has 0 N–H and O–H groups in total. The lowest BCUT2D eigenvalue weighted by Gasteiger charge is -2.09. The van der Waals surface area contributed by atoms with Crippen molar-refractivity contribution in [3.63, 3.8) is 0 Å². The molecule has 4 heteroatoms. The third-order valence-corrected chi connectivity index (χ3v) is 5.84. The Balaban J connectivity index is 1.17. The van der Waals surface area contributed by atoms with Gasteiger partial charge in [-0.05, 0) is 63.4 Å². The molecule has 0 aromatic heterocycles. The minimum Gasteiger partial charge on any atom is -0.491 e. The summed E-state index contributed by atoms with van der Waals surface area (Å²) in [5, 5.41) is 4.85. The van der Waals surface area contributed by atoms with Gasteiger partial charge in [0.2, 0.25) is 0 Å². The van der Waals surface area contributed by atoms with Gasteiger partial charge in [0.25, 0.3) is 0 Å². The largest absolute Gasteiger partial charge is 0.491 e. The lowest BCUT2D eigenvalue weighted by molar-refractivity contribution is 0.263. The van der Waals surface area contributed by atoms with E-state index in [1.54, 1.807) is 0 Å². The van der Waals surface area contributed by atoms with E-state index in [1.165, 1.54) is 32.7 Å². The lowest BCUT2D eigenvalue weighted by Crippen LogP contribution is -2.03. The zero-order valence-electron chi connectivity index (χ0n) is 17.3. The van der Waals surface area contributed by atoms with Crippen LogP contribution in [0.1, 0.15) is 11.1 Å². The molecule has 0 spiro atoms. The molecular weight excluding hydrogens is 388 g/mol. The molecule has 0 radical (unpaired) electrons. The molecule has 0 bridgehead atoms. The van der Waals surface area contributed by atoms with Crippen molar-refractivity contribution >= 4 is 21.5 Å². The quantitative estimate of drug-likeness (QED) is 0.376. The van der Waals surface area contributed by atoms with E-state index in [1.807, 2.05) is 12.1 Å². The van der Waals surface area contributed by atoms with Crippen molar-refractivity contribution < 1.29 is 18.9 Å². The van der Waals surface area contributed by atoms with Crippen LogP contribution in [0.4, 0.5) is 0 Å². The molecule has 0 saturated carbocycles. The van der Waals surface area contributed by atoms with E-state index in [4.69, 9.17) is 18.9 Å². The van der Waals surface area contributed by atoms with E-state index >= 15 is 0 Å². The molecule has 2 heterocycles. The highest BCUT2D eigenvalue weighted by Crippen LogP contribution is 2.26. The van der Waals surface area contributed by atoms with Crippen LogP contribution < -0.4 is 9.47 Å². The minimum atomic E-state index is 0.275. The van der Waals surface area contributed by atoms with Gasteiger partial charge in [0.05, 0.1) is 13.2 Å². The Hall–Kier alpha value is -3.08. The van der Waals surface area contributed by atoms with Crippen molar-refractivity contribution in [2.24, 2.45) is 0 Å². The zero-order valence-corrected chi connectivity index (χ0v) is 17.3. The fourth-order valence-corrected chi connectivity index (χ4v) is 3.89. The number of fused-ring (bicyclic) bond motifs is 2. The normalized spacial score (nSPS) is 19.5. The fourth-order valence-electron chi connectivity index (χ4n) is 3.89. The third-order valence-electron chi connectivity index (χ3n) is 5.84. The van der Waals surface area contributed by atoms with Gasteiger partial charge in [0, 0.05) is 0 Å². The number of ether oxygens (including phenoxy) is 4. The Kier molecular flexibility index (Phi) is 4.74. The summed E-state index contributed by atoms with van der Waals surface area (Å²) in [6.45, 7) is 2.90. The predicted molar refractivity (Wildman–Crippen MR) is 121 cm³/mol. The van der Waals surface area contributed by atoms with Crippen LogP contribution in [0.3, 0.4) is 0 Å². The van der Waals surface area contributed by atoms with Crippen LogP contribution in [-0.2, 0) is 15.9 Å². The van der Waals surface area contributed by atoms with Crippen LogP contribution in [0.5, 0.6) is 11.5 Å². The fraction of sp³-hybridized carbons (Fsp3) is 0.259. The average Bonchev–Trinajstić information content (AvgIpc) is 3.71. The molecule has 0 aliphatic carbocycles. The molecule has 156 valence electrons. The zero-order chi connectivity index (χ0) is 20.6. The van der Waals surface area contributed by atoms with Gasteiger partial charge < -0.3 is 18.9 Å². The summed E-state index contributed by atoms with van der Waals surface area (Å²) in [6.07, 6.45) is 1.45. The number of hydrogen-bond acceptors (Lipinski definition) is 4. The summed E-state index contributed by atoms with van der Waals surface area (Å²) >= 11 is 0. The molecule has 31 heavy (non-hydrogen) atoms. The first-order chi connectivity index (χ1) is 15.3. The van der Waals surface area contributed by atoms with Crippen LogP contribution in [0.15, 0.2) is 72.8 Å². The van der Waals surface area contributed by atoms with Crippen molar-refractivity contribution in [1.29, 1.82) is 0 Å². The van der Waals surface area contributed by atoms with Gasteiger partial charge in [-0.3, -0.25) is 0 Å². The molecule has 2 saturated heterocycles. The average molecular weight is 412 g/mol. The topological polar surface area (TPSA) is 43.5 Å². The van der Waals surface area contributed by atoms with Gasteiger partial charge in [-0.2, -0.15) is 0 Å². The maximum absolute atomic E-state index is 5.80. The van der Waals surface area contributed by atoms with E-state index in [0.717, 1.165) is 31.1 Å². The smallest absolute Gasteiger partial charge is 0.120 e. The summed E-state index contributed by atoms with van der Waals surface area (Å²) in [7, 11) is 0. The molecule has 2 unspecified atom stereocenters. The first kappa shape index (κ1) is 18.7. The van der Waals surface area contributed by atoms with E-state index in [-0.39, 0.29) is 12.2 Å². The summed E-state index contributed by atoms with van der Waals surface area (Å²) in [5.74, 6) is 1.80. The lowest BCUT2D eigenvalue weighted by atomic mass is 9.99. The van der Waals surface area contributed by atoms with Crippen molar-refractivity contribution in [3.05, 3.63) is 83.9 Å². The van der Waals surface area contributed by atoms with Crippen molar-refractivity contribution in [2.75, 3.05) is 26.4 Å². The maximum Gasteiger partial charge on any atom is 0.120 e. The Morgan fingerprint density at radius 2 is 1.00 bits per heavy atom. The summed E-state index contributed by atoms with van der Waals surface area (Å²) < 4.78 is 22.0. The van der Waals surface area contributed by atoms with Gasteiger partial charge in [-0.15, -0.1) is 0 Å². The summed E-state index contributed by atoms with van der Waals surface area (Å²) in [6, 6.07) is 25.9. The van der Waals surface area contributed by atoms with Crippen molar-refractivity contribution in [3.8, 4) is 11.5 Å². The van der Waals surface area contributed by atoms with Crippen LogP contribution in [-0.4, -0.2) is 38.6 Å². The highest BCUT2D eigenvalue weighted by Gasteiger charge is 2.23. The Morgan fingerprint density at radius 3 is 1.45 bits per heavy atom. The van der Waals surface area contributed by atoms with E-state index in [9.17, 15) is 0 Å². The van der Waals surface area contributed by atoms with Gasteiger partial charge in [0.1, 0.15) is 36.9 Å². The van der Waals surface area contributed by atoms with Gasteiger partial charge in [0.15, 0.2) is 0 Å². The highest BCUT2D eigenvalue weighted by molar-refractivity contribution is 5.86. The molecule has 4 nitrogen and oxygen atoms in total. The molecule has 2 fully saturated rings. The maximum atomic E-state index is 5.80. The molecule has 6 rings (SSSR count). The Bertz CT molecular complexity index is 1140. The first-order valence-corrected chi connectivity index (χ1v) is 10.8. The van der Waals surface area contributed by atoms with E-state index < -0.39 is 0 Å². The third kappa shape index (κ3) is 4.50. The molecule has 2 aliphatic heterocycles. The number of rotatable bonds is 8. The standard InChI is InChI=1S/C27H24O4/c1-3-22-12-24(28-14-26-16-30-26)7-5-20(22)10-18(1)9-19-2-4-23-13-25(8-6-21(23)11-19)29-15-27-17-31-27/h1-8,10-13,26-27H,9,14-17H2. The highest BCUT2D eigenvalue weighted by atomic mass is 16.6. The molecule has 2 aliphatic rings. The number of hydrogen-bond donors (Lipinski definition) is 0. The van der Waals surface area contributed by atoms with Gasteiger partial charge in [-0.25, -0.2) is 0 Å². The second-order valence-corrected chi connectivity index (χ2v) is 8.40. The molecule has 0 amide bonds. The monoisotopic (exact) mass is 412 g/mol. The molecular formula is C27H24O4. The number of epoxide rings is 2. The van der Waals surface area contributed by atoms with Crippen molar-refractivity contribution in [1.82, 2.24) is 0 Å². The van der Waals surface area contributed by atoms with Crippen LogP contribution in [0.25, 0.3) is 21.5 Å².